The van der Waals surface area contributed by atoms with E-state index in [2.05, 4.69) is 154 Å². The predicted molar refractivity (Wildman–Crippen MR) is 178 cm³/mol. The minimum Gasteiger partial charge on any atom is -0.308 e. The highest BCUT2D eigenvalue weighted by Crippen LogP contribution is 2.39. The minimum atomic E-state index is -2.63. The first kappa shape index (κ1) is 23.4. The van der Waals surface area contributed by atoms with Crippen molar-refractivity contribution in [1.29, 1.82) is 0 Å². The van der Waals surface area contributed by atoms with Crippen LogP contribution >= 0.6 is 0 Å². The molecule has 0 amide bonds. The van der Waals surface area contributed by atoms with Crippen LogP contribution in [0.2, 0.25) is 0 Å². The van der Waals surface area contributed by atoms with E-state index in [-0.39, 0.29) is 0 Å². The molecule has 0 saturated heterocycles. The SMILES string of the molecule is c1ccc([Si](c2ccccc2)(c2ccccc2)c2ccc3c(c2)c2cccc4c5cc6cncnc6cc5n3c24)cc1. The Hall–Kier alpha value is -5.32. The number of nitrogens with zero attached hydrogens (tertiary/aromatic N) is 3. The zero-order chi connectivity index (χ0) is 27.7. The van der Waals surface area contributed by atoms with Gasteiger partial charge in [-0.25, -0.2) is 9.97 Å². The van der Waals surface area contributed by atoms with Crippen LogP contribution in [-0.2, 0) is 0 Å². The molecule has 0 radical (unpaired) electrons. The zero-order valence-corrected chi connectivity index (χ0v) is 23.8. The lowest BCUT2D eigenvalue weighted by Crippen LogP contribution is -2.74. The Labute approximate surface area is 243 Å². The van der Waals surface area contributed by atoms with Gasteiger partial charge in [0.25, 0.3) is 0 Å². The van der Waals surface area contributed by atoms with E-state index in [1.165, 1.54) is 58.8 Å². The molecule has 3 nitrogen and oxygen atoms in total. The number of rotatable bonds is 4. The summed E-state index contributed by atoms with van der Waals surface area (Å²) in [7, 11) is -2.63. The first-order valence-electron chi connectivity index (χ1n) is 14.3. The smallest absolute Gasteiger partial charge is 0.179 e. The molecule has 42 heavy (non-hydrogen) atoms. The van der Waals surface area contributed by atoms with Gasteiger partial charge >= 0.3 is 0 Å². The molecule has 4 heteroatoms. The lowest BCUT2D eigenvalue weighted by atomic mass is 10.1. The molecule has 0 spiro atoms. The lowest BCUT2D eigenvalue weighted by Gasteiger charge is -2.34. The second-order valence-corrected chi connectivity index (χ2v) is 14.9. The molecular weight excluding hydrogens is 527 g/mol. The van der Waals surface area contributed by atoms with E-state index in [0.29, 0.717) is 0 Å². The van der Waals surface area contributed by atoms with Crippen molar-refractivity contribution >= 4 is 77.8 Å². The summed E-state index contributed by atoms with van der Waals surface area (Å²) in [5, 5.41) is 11.7. The molecule has 0 atom stereocenters. The highest BCUT2D eigenvalue weighted by atomic mass is 28.3. The summed E-state index contributed by atoms with van der Waals surface area (Å²) in [6.45, 7) is 0. The standard InChI is InChI=1S/C38H25N3Si/c1-4-11-27(12-5-1)42(28-13-6-2-7-14-28,29-15-8-3-9-16-29)30-19-20-36-34(22-30)32-18-10-17-31-33-21-26-24-39-25-40-35(26)23-37(33)41(36)38(31)32/h1-25H. The number of hydrogen-bond acceptors (Lipinski definition) is 2. The topological polar surface area (TPSA) is 30.2 Å². The third-order valence-electron chi connectivity index (χ3n) is 8.99. The van der Waals surface area contributed by atoms with Gasteiger partial charge < -0.3 is 4.40 Å². The van der Waals surface area contributed by atoms with E-state index in [0.717, 1.165) is 10.9 Å². The van der Waals surface area contributed by atoms with Crippen LogP contribution in [0.1, 0.15) is 0 Å². The summed E-state index contributed by atoms with van der Waals surface area (Å²) in [5.74, 6) is 0. The van der Waals surface area contributed by atoms with Gasteiger partial charge in [0.15, 0.2) is 8.07 Å². The molecule has 3 aromatic heterocycles. The predicted octanol–water partition coefficient (Wildman–Crippen LogP) is 6.16. The number of benzene rings is 6. The van der Waals surface area contributed by atoms with Crippen molar-refractivity contribution in [2.45, 2.75) is 0 Å². The van der Waals surface area contributed by atoms with E-state index in [1.54, 1.807) is 6.33 Å². The van der Waals surface area contributed by atoms with Crippen LogP contribution in [0, 0.1) is 0 Å². The third-order valence-corrected chi connectivity index (χ3v) is 13.8. The van der Waals surface area contributed by atoms with E-state index >= 15 is 0 Å². The Kier molecular flexibility index (Phi) is 4.92. The van der Waals surface area contributed by atoms with E-state index in [1.807, 2.05) is 6.20 Å². The van der Waals surface area contributed by atoms with Crippen molar-refractivity contribution in [1.82, 2.24) is 14.4 Å². The monoisotopic (exact) mass is 551 g/mol. The van der Waals surface area contributed by atoms with Gasteiger partial charge in [0, 0.05) is 33.1 Å². The average Bonchev–Trinajstić information content (AvgIpc) is 3.57. The van der Waals surface area contributed by atoms with Gasteiger partial charge in [-0.3, -0.25) is 0 Å². The van der Waals surface area contributed by atoms with Crippen LogP contribution in [0.4, 0.5) is 0 Å². The lowest BCUT2D eigenvalue weighted by molar-refractivity contribution is 1.22. The maximum absolute atomic E-state index is 4.58. The molecular formula is C38H25N3Si. The van der Waals surface area contributed by atoms with Gasteiger partial charge in [-0.2, -0.15) is 0 Å². The van der Waals surface area contributed by atoms with Crippen molar-refractivity contribution in [3.8, 4) is 0 Å². The van der Waals surface area contributed by atoms with E-state index in [9.17, 15) is 0 Å². The number of aromatic nitrogens is 3. The second-order valence-electron chi connectivity index (χ2n) is 11.1. The Balaban J connectivity index is 1.42. The van der Waals surface area contributed by atoms with Gasteiger partial charge in [0.05, 0.1) is 22.1 Å². The van der Waals surface area contributed by atoms with Crippen molar-refractivity contribution in [2.24, 2.45) is 0 Å². The fourth-order valence-corrected chi connectivity index (χ4v) is 12.0. The quantitative estimate of drug-likeness (QED) is 0.194. The summed E-state index contributed by atoms with van der Waals surface area (Å²) in [4.78, 5) is 8.85. The van der Waals surface area contributed by atoms with Gasteiger partial charge in [-0.1, -0.05) is 121 Å². The normalized spacial score (nSPS) is 12.3. The molecule has 0 aliphatic rings. The summed E-state index contributed by atoms with van der Waals surface area (Å²) < 4.78 is 2.44. The molecule has 3 heterocycles. The highest BCUT2D eigenvalue weighted by Gasteiger charge is 2.41. The van der Waals surface area contributed by atoms with Crippen LogP contribution in [0.3, 0.4) is 0 Å². The Morgan fingerprint density at radius 1 is 0.476 bits per heavy atom. The first-order chi connectivity index (χ1) is 20.8. The van der Waals surface area contributed by atoms with Gasteiger partial charge in [-0.05, 0) is 38.9 Å². The molecule has 0 aliphatic heterocycles. The molecule has 0 unspecified atom stereocenters. The average molecular weight is 552 g/mol. The molecule has 0 fully saturated rings. The molecule has 0 aliphatic carbocycles. The number of para-hydroxylation sites is 1. The Bertz CT molecular complexity index is 2300. The van der Waals surface area contributed by atoms with Gasteiger partial charge in [0.2, 0.25) is 0 Å². The largest absolute Gasteiger partial charge is 0.308 e. The fraction of sp³-hybridized carbons (Fsp3) is 0. The van der Waals surface area contributed by atoms with Crippen molar-refractivity contribution in [3.05, 3.63) is 152 Å². The number of fused-ring (bicyclic) bond motifs is 7. The molecule has 9 aromatic rings. The van der Waals surface area contributed by atoms with Crippen molar-refractivity contribution in [3.63, 3.8) is 0 Å². The second kappa shape index (κ2) is 8.84. The van der Waals surface area contributed by atoms with Crippen LogP contribution in [-0.4, -0.2) is 22.4 Å². The van der Waals surface area contributed by atoms with E-state index < -0.39 is 8.07 Å². The summed E-state index contributed by atoms with van der Waals surface area (Å²) in [5.41, 5.74) is 4.65. The summed E-state index contributed by atoms with van der Waals surface area (Å²) in [6, 6.07) is 51.8. The molecule has 0 saturated carbocycles. The van der Waals surface area contributed by atoms with Crippen molar-refractivity contribution in [2.75, 3.05) is 0 Å². The third kappa shape index (κ3) is 3.10. The minimum absolute atomic E-state index is 0.965. The highest BCUT2D eigenvalue weighted by molar-refractivity contribution is 7.20. The first-order valence-corrected chi connectivity index (χ1v) is 16.3. The summed E-state index contributed by atoms with van der Waals surface area (Å²) in [6.07, 6.45) is 3.54. The molecule has 9 rings (SSSR count). The van der Waals surface area contributed by atoms with Crippen LogP contribution < -0.4 is 20.7 Å². The molecule has 0 bridgehead atoms. The summed E-state index contributed by atoms with van der Waals surface area (Å²) >= 11 is 0. The van der Waals surface area contributed by atoms with Crippen LogP contribution in [0.15, 0.2) is 152 Å². The zero-order valence-electron chi connectivity index (χ0n) is 22.8. The molecule has 196 valence electrons. The Morgan fingerprint density at radius 2 is 1.07 bits per heavy atom. The van der Waals surface area contributed by atoms with Gasteiger partial charge in [0.1, 0.15) is 6.33 Å². The Morgan fingerprint density at radius 3 is 1.69 bits per heavy atom. The van der Waals surface area contributed by atoms with E-state index in [4.69, 9.17) is 0 Å². The molecule has 6 aromatic carbocycles. The fourth-order valence-electron chi connectivity index (χ4n) is 7.25. The van der Waals surface area contributed by atoms with Crippen LogP contribution in [0.25, 0.3) is 49.0 Å². The number of hydrogen-bond donors (Lipinski definition) is 0. The molecule has 0 N–H and O–H groups in total. The van der Waals surface area contributed by atoms with Crippen LogP contribution in [0.5, 0.6) is 0 Å². The van der Waals surface area contributed by atoms with Crippen molar-refractivity contribution < 1.29 is 0 Å². The van der Waals surface area contributed by atoms with Gasteiger partial charge in [-0.15, -0.1) is 0 Å². The maximum Gasteiger partial charge on any atom is 0.179 e. The maximum atomic E-state index is 4.58.